The standard InChI is InChI=1S/C20H14N4O6S/c25-15(26)5-6-24-9-11(8-13-17(27)21-20(31)22-18(13)28)16(23-24)12-7-10-3-1-2-4-14(10)30-19(12)29/h1-4,7-9H,5-6H2,(H,25,26)(H2,21,22,27,28,31)/p-1. The van der Waals surface area contributed by atoms with Crippen LogP contribution < -0.4 is 21.4 Å². The number of carbonyl (C=O) groups is 3. The Morgan fingerprint density at radius 1 is 1.19 bits per heavy atom. The summed E-state index contributed by atoms with van der Waals surface area (Å²) in [6.45, 7) is -0.0418. The van der Waals surface area contributed by atoms with Gasteiger partial charge in [0.15, 0.2) is 5.11 Å². The fourth-order valence-corrected chi connectivity index (χ4v) is 3.25. The molecule has 0 bridgehead atoms. The van der Waals surface area contributed by atoms with Gasteiger partial charge in [0.25, 0.3) is 11.8 Å². The van der Waals surface area contributed by atoms with Gasteiger partial charge in [0.2, 0.25) is 0 Å². The Hall–Kier alpha value is -4.12. The lowest BCUT2D eigenvalue weighted by atomic mass is 10.0. The van der Waals surface area contributed by atoms with Gasteiger partial charge in [0, 0.05) is 36.1 Å². The molecule has 3 aromatic rings. The van der Waals surface area contributed by atoms with Crippen molar-refractivity contribution in [1.82, 2.24) is 20.4 Å². The van der Waals surface area contributed by atoms with Gasteiger partial charge in [-0.2, -0.15) is 5.10 Å². The normalized spacial score (nSPS) is 13.8. The second kappa shape index (κ2) is 7.95. The summed E-state index contributed by atoms with van der Waals surface area (Å²) in [4.78, 5) is 47.8. The lowest BCUT2D eigenvalue weighted by molar-refractivity contribution is -0.306. The van der Waals surface area contributed by atoms with Crippen LogP contribution in [0.5, 0.6) is 0 Å². The SMILES string of the molecule is O=C([O-])CCn1cc(C=C2C(=O)NC(=S)NC2=O)c(-c2cc3ccccc3oc2=O)n1. The van der Waals surface area contributed by atoms with Crippen LogP contribution in [0.1, 0.15) is 12.0 Å². The number of benzene rings is 1. The van der Waals surface area contributed by atoms with Gasteiger partial charge in [-0.25, -0.2) is 4.79 Å². The smallest absolute Gasteiger partial charge is 0.345 e. The highest BCUT2D eigenvalue weighted by molar-refractivity contribution is 7.80. The minimum absolute atomic E-state index is 0.0418. The zero-order valence-electron chi connectivity index (χ0n) is 15.7. The highest BCUT2D eigenvalue weighted by Crippen LogP contribution is 2.25. The number of nitrogens with zero attached hydrogens (tertiary/aromatic N) is 2. The first-order valence-corrected chi connectivity index (χ1v) is 9.41. The van der Waals surface area contributed by atoms with Crippen molar-refractivity contribution < 1.29 is 23.9 Å². The number of rotatable bonds is 5. The molecular weight excluding hydrogens is 424 g/mol. The zero-order chi connectivity index (χ0) is 22.1. The summed E-state index contributed by atoms with van der Waals surface area (Å²) in [6.07, 6.45) is 2.35. The first kappa shape index (κ1) is 20.2. The zero-order valence-corrected chi connectivity index (χ0v) is 16.5. The van der Waals surface area contributed by atoms with E-state index in [9.17, 15) is 24.3 Å². The minimum Gasteiger partial charge on any atom is -0.550 e. The van der Waals surface area contributed by atoms with E-state index in [1.165, 1.54) is 17.0 Å². The molecule has 0 saturated carbocycles. The van der Waals surface area contributed by atoms with Crippen molar-refractivity contribution in [3.63, 3.8) is 0 Å². The van der Waals surface area contributed by atoms with Gasteiger partial charge in [-0.05, 0) is 30.4 Å². The second-order valence-electron chi connectivity index (χ2n) is 6.60. The number of carboxylic acid groups (broad SMARTS) is 1. The number of carbonyl (C=O) groups excluding carboxylic acids is 3. The lowest BCUT2D eigenvalue weighted by Crippen LogP contribution is -2.51. The summed E-state index contributed by atoms with van der Waals surface area (Å²) < 4.78 is 6.64. The maximum absolute atomic E-state index is 12.6. The molecule has 156 valence electrons. The van der Waals surface area contributed by atoms with Crippen molar-refractivity contribution in [3.05, 3.63) is 58.1 Å². The number of hydrogen-bond acceptors (Lipinski definition) is 8. The van der Waals surface area contributed by atoms with E-state index >= 15 is 0 Å². The van der Waals surface area contributed by atoms with Crippen molar-refractivity contribution in [3.8, 4) is 11.3 Å². The van der Waals surface area contributed by atoms with Crippen molar-refractivity contribution in [2.45, 2.75) is 13.0 Å². The number of thiocarbonyl (C=S) groups is 1. The summed E-state index contributed by atoms with van der Waals surface area (Å²) in [5.74, 6) is -2.71. The molecular formula is C20H13N4O6S-. The molecule has 0 radical (unpaired) electrons. The molecule has 0 aliphatic carbocycles. The van der Waals surface area contributed by atoms with Gasteiger partial charge in [0.1, 0.15) is 16.9 Å². The van der Waals surface area contributed by atoms with Crippen LogP contribution in [0.15, 0.2) is 51.3 Å². The van der Waals surface area contributed by atoms with Gasteiger partial charge in [0.05, 0.1) is 5.56 Å². The van der Waals surface area contributed by atoms with Gasteiger partial charge in [-0.1, -0.05) is 18.2 Å². The van der Waals surface area contributed by atoms with Crippen LogP contribution in [-0.4, -0.2) is 32.7 Å². The largest absolute Gasteiger partial charge is 0.550 e. The first-order valence-electron chi connectivity index (χ1n) is 9.01. The number of aliphatic carboxylic acids is 1. The quantitative estimate of drug-likeness (QED) is 0.240. The topological polar surface area (TPSA) is 146 Å². The Morgan fingerprint density at radius 3 is 2.61 bits per heavy atom. The molecule has 0 spiro atoms. The predicted molar refractivity (Wildman–Crippen MR) is 110 cm³/mol. The Morgan fingerprint density at radius 2 is 1.90 bits per heavy atom. The summed E-state index contributed by atoms with van der Waals surface area (Å²) in [7, 11) is 0. The van der Waals surface area contributed by atoms with Crippen LogP contribution >= 0.6 is 12.2 Å². The van der Waals surface area contributed by atoms with Crippen LogP contribution in [0.3, 0.4) is 0 Å². The van der Waals surface area contributed by atoms with Crippen LogP contribution in [-0.2, 0) is 20.9 Å². The average molecular weight is 437 g/mol. The van der Waals surface area contributed by atoms with Crippen LogP contribution in [0.2, 0.25) is 0 Å². The van der Waals surface area contributed by atoms with Crippen LogP contribution in [0.4, 0.5) is 0 Å². The second-order valence-corrected chi connectivity index (χ2v) is 7.01. The highest BCUT2D eigenvalue weighted by Gasteiger charge is 2.27. The molecule has 2 amide bonds. The lowest BCUT2D eigenvalue weighted by Gasteiger charge is -2.16. The minimum atomic E-state index is -1.28. The Bertz CT molecular complexity index is 1330. The molecule has 1 saturated heterocycles. The van der Waals surface area contributed by atoms with Gasteiger partial charge >= 0.3 is 5.63 Å². The predicted octanol–water partition coefficient (Wildman–Crippen LogP) is -0.289. The van der Waals surface area contributed by atoms with E-state index in [-0.39, 0.29) is 40.5 Å². The molecule has 11 heteroatoms. The number of aryl methyl sites for hydroxylation is 1. The maximum Gasteiger partial charge on any atom is 0.345 e. The fourth-order valence-electron chi connectivity index (χ4n) is 3.06. The van der Waals surface area contributed by atoms with E-state index in [4.69, 9.17) is 16.6 Å². The Kier molecular flexibility index (Phi) is 5.17. The molecule has 0 atom stereocenters. The molecule has 10 nitrogen and oxygen atoms in total. The van der Waals surface area contributed by atoms with Crippen molar-refractivity contribution in [1.29, 1.82) is 0 Å². The molecule has 1 aromatic carbocycles. The third-order valence-corrected chi connectivity index (χ3v) is 4.68. The van der Waals surface area contributed by atoms with Gasteiger partial charge in [-0.15, -0.1) is 0 Å². The summed E-state index contributed by atoms with van der Waals surface area (Å²) in [5.41, 5.74) is -0.0909. The van der Waals surface area contributed by atoms with E-state index in [1.807, 2.05) is 0 Å². The number of fused-ring (bicyclic) bond motifs is 1. The molecule has 2 N–H and O–H groups in total. The van der Waals surface area contributed by atoms with Crippen molar-refractivity contribution >= 4 is 52.2 Å². The first-order chi connectivity index (χ1) is 14.8. The molecule has 1 aliphatic rings. The van der Waals surface area contributed by atoms with Crippen molar-refractivity contribution in [2.75, 3.05) is 0 Å². The van der Waals surface area contributed by atoms with E-state index in [0.29, 0.717) is 11.0 Å². The molecule has 0 unspecified atom stereocenters. The third kappa shape index (κ3) is 4.12. The number of amides is 2. The Labute approximate surface area is 179 Å². The fraction of sp³-hybridized carbons (Fsp3) is 0.100. The van der Waals surface area contributed by atoms with Gasteiger partial charge < -0.3 is 14.3 Å². The maximum atomic E-state index is 12.6. The third-order valence-electron chi connectivity index (χ3n) is 4.47. The summed E-state index contributed by atoms with van der Waals surface area (Å²) >= 11 is 4.78. The van der Waals surface area contributed by atoms with Crippen LogP contribution in [0.25, 0.3) is 28.3 Å². The number of carboxylic acids is 1. The number of aromatic nitrogens is 2. The van der Waals surface area contributed by atoms with E-state index in [0.717, 1.165) is 0 Å². The van der Waals surface area contributed by atoms with Crippen LogP contribution in [0, 0.1) is 0 Å². The van der Waals surface area contributed by atoms with Gasteiger partial charge in [-0.3, -0.25) is 24.9 Å². The number of nitrogens with one attached hydrogen (secondary N) is 2. The van der Waals surface area contributed by atoms with E-state index < -0.39 is 23.4 Å². The molecule has 2 aromatic heterocycles. The number of para-hydroxylation sites is 1. The monoisotopic (exact) mass is 437 g/mol. The molecule has 4 rings (SSSR count). The molecule has 31 heavy (non-hydrogen) atoms. The Balaban J connectivity index is 1.86. The van der Waals surface area contributed by atoms with E-state index in [1.54, 1.807) is 30.3 Å². The van der Waals surface area contributed by atoms with Crippen molar-refractivity contribution in [2.24, 2.45) is 0 Å². The number of hydrogen-bond donors (Lipinski definition) is 2. The average Bonchev–Trinajstić information content (AvgIpc) is 3.11. The molecule has 1 fully saturated rings. The summed E-state index contributed by atoms with van der Waals surface area (Å²) in [6, 6.07) is 8.45. The molecule has 3 heterocycles. The van der Waals surface area contributed by atoms with E-state index in [2.05, 4.69) is 15.7 Å². The summed E-state index contributed by atoms with van der Waals surface area (Å²) in [5, 5.41) is 20.3. The molecule has 1 aliphatic heterocycles. The highest BCUT2D eigenvalue weighted by atomic mass is 32.1.